The summed E-state index contributed by atoms with van der Waals surface area (Å²) in [5.41, 5.74) is -0.417. The Morgan fingerprint density at radius 2 is 1.90 bits per heavy atom. The Bertz CT molecular complexity index is 466. The van der Waals surface area contributed by atoms with Crippen molar-refractivity contribution in [3.63, 3.8) is 0 Å². The highest BCUT2D eigenvalue weighted by Gasteiger charge is 2.36. The van der Waals surface area contributed by atoms with Gasteiger partial charge in [-0.2, -0.15) is 0 Å². The predicted molar refractivity (Wildman–Crippen MR) is 85.2 cm³/mol. The Labute approximate surface area is 130 Å². The van der Waals surface area contributed by atoms with Gasteiger partial charge in [-0.15, -0.1) is 11.8 Å². The molecule has 5 heteroatoms. The molecule has 0 aromatic carbocycles. The van der Waals surface area contributed by atoms with E-state index in [-0.39, 0.29) is 5.91 Å². The average Bonchev–Trinajstić information content (AvgIpc) is 2.48. The third-order valence-corrected chi connectivity index (χ3v) is 5.18. The second-order valence-electron chi connectivity index (χ2n) is 6.64. The fourth-order valence-corrected chi connectivity index (χ4v) is 3.18. The van der Waals surface area contributed by atoms with Gasteiger partial charge in [0, 0.05) is 23.8 Å². The lowest BCUT2D eigenvalue weighted by Gasteiger charge is -2.40. The van der Waals surface area contributed by atoms with Crippen molar-refractivity contribution in [2.75, 3.05) is 12.3 Å². The van der Waals surface area contributed by atoms with E-state index in [1.165, 1.54) is 11.8 Å². The van der Waals surface area contributed by atoms with Crippen LogP contribution in [0.2, 0.25) is 0 Å². The highest BCUT2D eigenvalue weighted by molar-refractivity contribution is 8.00. The van der Waals surface area contributed by atoms with E-state index in [0.717, 1.165) is 30.6 Å². The van der Waals surface area contributed by atoms with Gasteiger partial charge < -0.3 is 10.4 Å². The van der Waals surface area contributed by atoms with Crippen LogP contribution in [0.15, 0.2) is 29.4 Å². The third-order valence-electron chi connectivity index (χ3n) is 4.17. The Hall–Kier alpha value is -1.07. The normalized spacial score (nSPS) is 20.0. The molecule has 0 atom stereocenters. The number of rotatable bonds is 5. The summed E-state index contributed by atoms with van der Waals surface area (Å²) in [6.45, 7) is 4.83. The molecule has 1 fully saturated rings. The zero-order valence-electron chi connectivity index (χ0n) is 12.8. The molecule has 1 aliphatic carbocycles. The number of thioether (sulfide) groups is 1. The molecule has 1 amide bonds. The largest absolute Gasteiger partial charge is 0.388 e. The minimum Gasteiger partial charge on any atom is -0.388 e. The van der Waals surface area contributed by atoms with Gasteiger partial charge >= 0.3 is 0 Å². The van der Waals surface area contributed by atoms with E-state index < -0.39 is 5.60 Å². The second-order valence-corrected chi connectivity index (χ2v) is 7.69. The Morgan fingerprint density at radius 3 is 2.52 bits per heavy atom. The first kappa shape index (κ1) is 16.3. The molecule has 0 spiro atoms. The summed E-state index contributed by atoms with van der Waals surface area (Å²) in [6, 6.07) is 3.77. The van der Waals surface area contributed by atoms with Crippen molar-refractivity contribution < 1.29 is 9.90 Å². The molecule has 0 saturated heterocycles. The zero-order valence-corrected chi connectivity index (χ0v) is 13.6. The highest BCUT2D eigenvalue weighted by Crippen LogP contribution is 2.39. The van der Waals surface area contributed by atoms with Gasteiger partial charge in [-0.25, -0.2) is 0 Å². The summed E-state index contributed by atoms with van der Waals surface area (Å²) in [6.07, 6.45) is 6.96. The fraction of sp³-hybridized carbons (Fsp3) is 0.625. The minimum absolute atomic E-state index is 0.0323. The van der Waals surface area contributed by atoms with Crippen molar-refractivity contribution in [3.8, 4) is 0 Å². The quantitative estimate of drug-likeness (QED) is 0.821. The Morgan fingerprint density at radius 1 is 1.29 bits per heavy atom. The second kappa shape index (κ2) is 6.79. The molecule has 0 radical (unpaired) electrons. The Balaban J connectivity index is 1.71. The van der Waals surface area contributed by atoms with Gasteiger partial charge in [0.05, 0.1) is 11.4 Å². The number of hydrogen-bond acceptors (Lipinski definition) is 4. The van der Waals surface area contributed by atoms with Crippen LogP contribution in [-0.2, 0) is 4.79 Å². The van der Waals surface area contributed by atoms with Gasteiger partial charge in [-0.3, -0.25) is 9.78 Å². The summed E-state index contributed by atoms with van der Waals surface area (Å²) in [5, 5.41) is 13.4. The average molecular weight is 308 g/mol. The molecule has 1 aromatic heterocycles. The van der Waals surface area contributed by atoms with Crippen LogP contribution < -0.4 is 5.32 Å². The van der Waals surface area contributed by atoms with Gasteiger partial charge in [-0.1, -0.05) is 13.8 Å². The number of aliphatic hydroxyl groups is 1. The van der Waals surface area contributed by atoms with Crippen molar-refractivity contribution in [3.05, 3.63) is 24.5 Å². The van der Waals surface area contributed by atoms with E-state index in [0.29, 0.717) is 17.7 Å². The van der Waals surface area contributed by atoms with E-state index in [1.54, 1.807) is 12.4 Å². The zero-order chi connectivity index (χ0) is 15.3. The summed E-state index contributed by atoms with van der Waals surface area (Å²) < 4.78 is 0. The van der Waals surface area contributed by atoms with Crippen molar-refractivity contribution in [2.45, 2.75) is 50.0 Å². The standard InChI is InChI=1S/C16H24N2O2S/c1-15(2)5-7-16(20,8-6-15)12-18-14(19)11-21-13-3-9-17-10-4-13/h3-4,9-10,20H,5-8,11-12H2,1-2H3,(H,18,19). The van der Waals surface area contributed by atoms with Crippen LogP contribution in [0.25, 0.3) is 0 Å². The van der Waals surface area contributed by atoms with Crippen LogP contribution in [0.4, 0.5) is 0 Å². The molecule has 2 N–H and O–H groups in total. The third kappa shape index (κ3) is 5.32. The van der Waals surface area contributed by atoms with Crippen molar-refractivity contribution in [1.29, 1.82) is 0 Å². The van der Waals surface area contributed by atoms with Crippen molar-refractivity contribution in [1.82, 2.24) is 10.3 Å². The molecule has 1 aromatic rings. The number of carbonyl (C=O) groups excluding carboxylic acids is 1. The van der Waals surface area contributed by atoms with Gasteiger partial charge in [0.25, 0.3) is 0 Å². The number of carbonyl (C=O) groups is 1. The molecular weight excluding hydrogens is 284 g/mol. The molecule has 0 bridgehead atoms. The highest BCUT2D eigenvalue weighted by atomic mass is 32.2. The first-order valence-corrected chi connectivity index (χ1v) is 8.39. The molecule has 0 aliphatic heterocycles. The molecule has 2 rings (SSSR count). The van der Waals surface area contributed by atoms with Crippen molar-refractivity contribution in [2.24, 2.45) is 5.41 Å². The number of nitrogens with one attached hydrogen (secondary N) is 1. The number of amides is 1. The molecule has 21 heavy (non-hydrogen) atoms. The monoisotopic (exact) mass is 308 g/mol. The first-order chi connectivity index (χ1) is 9.89. The summed E-state index contributed by atoms with van der Waals surface area (Å²) in [7, 11) is 0. The molecule has 0 unspecified atom stereocenters. The molecule has 116 valence electrons. The van der Waals surface area contributed by atoms with E-state index in [1.807, 2.05) is 12.1 Å². The van der Waals surface area contributed by atoms with E-state index in [9.17, 15) is 9.90 Å². The van der Waals surface area contributed by atoms with Crippen LogP contribution in [0.1, 0.15) is 39.5 Å². The first-order valence-electron chi connectivity index (χ1n) is 7.41. The number of aromatic nitrogens is 1. The predicted octanol–water partition coefficient (Wildman–Crippen LogP) is 2.62. The van der Waals surface area contributed by atoms with Crippen LogP contribution in [0.3, 0.4) is 0 Å². The topological polar surface area (TPSA) is 62.2 Å². The molecule has 1 saturated carbocycles. The lowest BCUT2D eigenvalue weighted by molar-refractivity contribution is -0.120. The number of pyridine rings is 1. The van der Waals surface area contributed by atoms with Crippen LogP contribution in [0.5, 0.6) is 0 Å². The maximum Gasteiger partial charge on any atom is 0.230 e. The molecular formula is C16H24N2O2S. The van der Waals surface area contributed by atoms with Gasteiger partial charge in [0.15, 0.2) is 0 Å². The lowest BCUT2D eigenvalue weighted by Crippen LogP contribution is -2.47. The summed E-state index contributed by atoms with van der Waals surface area (Å²) in [4.78, 5) is 16.8. The summed E-state index contributed by atoms with van der Waals surface area (Å²) >= 11 is 1.48. The Kier molecular flexibility index (Phi) is 5.27. The van der Waals surface area contributed by atoms with Crippen LogP contribution >= 0.6 is 11.8 Å². The number of hydrogen-bond donors (Lipinski definition) is 2. The lowest BCUT2D eigenvalue weighted by atomic mass is 9.71. The van der Waals surface area contributed by atoms with E-state index >= 15 is 0 Å². The van der Waals surface area contributed by atoms with Gasteiger partial charge in [0.1, 0.15) is 0 Å². The smallest absolute Gasteiger partial charge is 0.230 e. The fourth-order valence-electron chi connectivity index (χ4n) is 2.47. The minimum atomic E-state index is -0.730. The van der Waals surface area contributed by atoms with Gasteiger partial charge in [0.2, 0.25) is 5.91 Å². The maximum absolute atomic E-state index is 11.9. The SMILES string of the molecule is CC1(C)CCC(O)(CNC(=O)CSc2ccncc2)CC1. The van der Waals surface area contributed by atoms with Gasteiger partial charge in [-0.05, 0) is 43.2 Å². The maximum atomic E-state index is 11.9. The van der Waals surface area contributed by atoms with Crippen LogP contribution in [-0.4, -0.2) is 33.9 Å². The molecule has 1 aliphatic rings. The van der Waals surface area contributed by atoms with Crippen LogP contribution in [0, 0.1) is 5.41 Å². The van der Waals surface area contributed by atoms with E-state index in [4.69, 9.17) is 0 Å². The summed E-state index contributed by atoms with van der Waals surface area (Å²) in [5.74, 6) is 0.334. The molecule has 4 nitrogen and oxygen atoms in total. The number of nitrogens with zero attached hydrogens (tertiary/aromatic N) is 1. The van der Waals surface area contributed by atoms with Crippen molar-refractivity contribution >= 4 is 17.7 Å². The molecule has 1 heterocycles. The van der Waals surface area contributed by atoms with E-state index in [2.05, 4.69) is 24.1 Å².